The van der Waals surface area contributed by atoms with Gasteiger partial charge in [0.1, 0.15) is 52.5 Å². The van der Waals surface area contributed by atoms with Gasteiger partial charge in [-0.3, -0.25) is 0 Å². The van der Waals surface area contributed by atoms with Gasteiger partial charge in [-0.25, -0.2) is 22.0 Å². The van der Waals surface area contributed by atoms with E-state index in [4.69, 9.17) is 29.4 Å². The Labute approximate surface area is 447 Å². The molecule has 5 aromatic carbocycles. The lowest BCUT2D eigenvalue weighted by Crippen LogP contribution is -2.47. The first kappa shape index (κ1) is 63.8. The van der Waals surface area contributed by atoms with E-state index >= 15 is 0 Å². The maximum Gasteiger partial charge on any atom is 0.416 e. The number of ether oxygens (including phenoxy) is 5. The van der Waals surface area contributed by atoms with Gasteiger partial charge < -0.3 is 39.6 Å². The summed E-state index contributed by atoms with van der Waals surface area (Å²) in [6, 6.07) is 11.5. The lowest BCUT2D eigenvalue weighted by Gasteiger charge is -2.27. The molecule has 0 radical (unpaired) electrons. The Morgan fingerprint density at radius 2 is 0.938 bits per heavy atom. The fourth-order valence-electron chi connectivity index (χ4n) is 8.13. The van der Waals surface area contributed by atoms with Crippen LogP contribution in [0.25, 0.3) is 5.57 Å². The van der Waals surface area contributed by atoms with Crippen LogP contribution >= 0.6 is 15.9 Å². The number of nitrogens with two attached hydrogens (primary N) is 1. The summed E-state index contributed by atoms with van der Waals surface area (Å²) in [6.07, 6.45) is -22.3. The molecule has 0 bridgehead atoms. The summed E-state index contributed by atoms with van der Waals surface area (Å²) in [5.41, 5.74) is -2.63. The molecule has 5 aliphatic rings. The lowest BCUT2D eigenvalue weighted by atomic mass is 9.87. The first-order chi connectivity index (χ1) is 36.9. The first-order valence-corrected chi connectivity index (χ1v) is 23.6. The molecule has 8 nitrogen and oxygen atoms in total. The zero-order valence-electron chi connectivity index (χ0n) is 40.2. The maximum atomic E-state index is 13.7. The Hall–Kier alpha value is -5.40. The predicted molar refractivity (Wildman–Crippen MR) is 243 cm³/mol. The van der Waals surface area contributed by atoms with Gasteiger partial charge in [0.15, 0.2) is 0 Å². The van der Waals surface area contributed by atoms with E-state index in [1.54, 1.807) is 6.08 Å². The fourth-order valence-corrected chi connectivity index (χ4v) is 8.37. The number of epoxide rings is 1. The topological polar surface area (TPSA) is 116 Å². The van der Waals surface area contributed by atoms with Crippen LogP contribution in [-0.2, 0) is 71.3 Å². The van der Waals surface area contributed by atoms with Gasteiger partial charge >= 0.3 is 30.9 Å². The van der Waals surface area contributed by atoms with Crippen LogP contribution in [0.1, 0.15) is 56.5 Å². The minimum Gasteiger partial charge on any atom is -0.388 e. The molecule has 438 valence electrons. The van der Waals surface area contributed by atoms with E-state index in [2.05, 4.69) is 15.9 Å². The van der Waals surface area contributed by atoms with Gasteiger partial charge in [-0.05, 0) is 88.2 Å². The molecule has 0 aliphatic carbocycles. The van der Waals surface area contributed by atoms with Gasteiger partial charge in [0.25, 0.3) is 0 Å². The van der Waals surface area contributed by atoms with Crippen molar-refractivity contribution in [2.24, 2.45) is 5.73 Å². The number of hydrogen-bond donors (Lipinski definition) is 3. The summed E-state index contributed by atoms with van der Waals surface area (Å²) in [5.74, 6) is -4.84. The summed E-state index contributed by atoms with van der Waals surface area (Å²) in [7, 11) is 0. The van der Waals surface area contributed by atoms with Crippen LogP contribution in [0.4, 0.5) is 87.8 Å². The molecule has 0 aromatic heterocycles. The highest BCUT2D eigenvalue weighted by atomic mass is 79.9. The monoisotopic (exact) mass is 1240 g/mol. The summed E-state index contributed by atoms with van der Waals surface area (Å²) < 4.78 is 276. The van der Waals surface area contributed by atoms with Crippen LogP contribution < -0.4 is 5.73 Å². The second-order valence-corrected chi connectivity index (χ2v) is 18.9. The van der Waals surface area contributed by atoms with Crippen molar-refractivity contribution >= 4 is 21.5 Å². The third kappa shape index (κ3) is 15.2. The molecule has 0 spiro atoms. The highest BCUT2D eigenvalue weighted by Crippen LogP contribution is 2.52. The van der Waals surface area contributed by atoms with Crippen LogP contribution in [0, 0.1) is 29.1 Å². The lowest BCUT2D eigenvalue weighted by molar-refractivity contribution is -0.138. The summed E-state index contributed by atoms with van der Waals surface area (Å²) in [6.45, 7) is 1.11. The molecule has 5 unspecified atom stereocenters. The van der Waals surface area contributed by atoms with E-state index in [1.807, 2.05) is 0 Å². The summed E-state index contributed by atoms with van der Waals surface area (Å²) in [4.78, 5) is 0. The van der Waals surface area contributed by atoms with Crippen molar-refractivity contribution in [1.29, 1.82) is 0 Å². The number of alkyl halides is 15. The van der Waals surface area contributed by atoms with Gasteiger partial charge in [0, 0.05) is 35.3 Å². The molecule has 5 heterocycles. The number of hydrogen-bond acceptors (Lipinski definition) is 8. The largest absolute Gasteiger partial charge is 0.416 e. The smallest absolute Gasteiger partial charge is 0.388 e. The normalized spacial score (nSPS) is 23.5. The second-order valence-electron chi connectivity index (χ2n) is 18.1. The van der Waals surface area contributed by atoms with Crippen LogP contribution in [0.5, 0.6) is 0 Å². The van der Waals surface area contributed by atoms with Crippen molar-refractivity contribution in [3.63, 3.8) is 0 Å². The van der Waals surface area contributed by atoms with Crippen molar-refractivity contribution in [1.82, 2.24) is 0 Å². The van der Waals surface area contributed by atoms with Gasteiger partial charge in [-0.2, -0.15) is 65.9 Å². The van der Waals surface area contributed by atoms with E-state index in [0.29, 0.717) is 49.1 Å². The number of aliphatic hydroxyl groups is 2. The number of halogens is 21. The van der Waals surface area contributed by atoms with E-state index in [1.165, 1.54) is 0 Å². The fraction of sp³-hybridized carbons (Fsp3) is 0.373. The third-order valence-electron chi connectivity index (χ3n) is 12.6. The average molecular weight is 1240 g/mol. The van der Waals surface area contributed by atoms with Gasteiger partial charge in [0.2, 0.25) is 0 Å². The van der Waals surface area contributed by atoms with Crippen molar-refractivity contribution in [3.05, 3.63) is 181 Å². The average Bonchev–Trinajstić information content (AvgIpc) is 3.89. The molecule has 4 saturated heterocycles. The molecular weight excluding hydrogens is 1200 g/mol. The highest BCUT2D eigenvalue weighted by molar-refractivity contribution is 9.10. The maximum absolute atomic E-state index is 13.7. The van der Waals surface area contributed by atoms with Crippen molar-refractivity contribution < 1.29 is 122 Å². The number of fused-ring (bicyclic) bond motifs is 1. The molecule has 5 atom stereocenters. The van der Waals surface area contributed by atoms with Crippen molar-refractivity contribution in [3.8, 4) is 0 Å². The minimum absolute atomic E-state index is 0.0236. The van der Waals surface area contributed by atoms with Gasteiger partial charge in [-0.15, -0.1) is 0 Å². The third-order valence-corrected chi connectivity index (χ3v) is 13.2. The Kier molecular flexibility index (Phi) is 19.3. The SMILES string of the molecule is Fc1cc(C(F)(F)F)ccc1Br.Fc1cc(C(F)(F)F)ccc1C12COCC1O2.Fc1cc(C(F)(F)F)ccc1C1=CCOC1.NC1(c2ccc(C(F)(F)F)cc2F)COCC1O.OC1(c2ccc(C(F)(F)F)cc2F)CCOC1. The molecular formula is C51H40BrF20NO7. The molecule has 5 aliphatic heterocycles. The zero-order chi connectivity index (χ0) is 59.6. The number of rotatable bonds is 4. The Morgan fingerprint density at radius 1 is 0.500 bits per heavy atom. The van der Waals surface area contributed by atoms with Crippen molar-refractivity contribution in [2.45, 2.75) is 66.3 Å². The quantitative estimate of drug-likeness (QED) is 0.120. The molecule has 29 heteroatoms. The van der Waals surface area contributed by atoms with Crippen LogP contribution in [0.3, 0.4) is 0 Å². The second kappa shape index (κ2) is 24.2. The molecule has 4 N–H and O–H groups in total. The summed E-state index contributed by atoms with van der Waals surface area (Å²) >= 11 is 2.75. The minimum atomic E-state index is -4.62. The molecule has 4 fully saturated rings. The molecule has 0 saturated carbocycles. The zero-order valence-corrected chi connectivity index (χ0v) is 41.8. The molecule has 0 amide bonds. The predicted octanol–water partition coefficient (Wildman–Crippen LogP) is 13.2. The van der Waals surface area contributed by atoms with Crippen LogP contribution in [0.2, 0.25) is 0 Å². The van der Waals surface area contributed by atoms with Crippen LogP contribution in [-0.4, -0.2) is 75.3 Å². The summed E-state index contributed by atoms with van der Waals surface area (Å²) in [5, 5.41) is 19.6. The van der Waals surface area contributed by atoms with Gasteiger partial charge in [-0.1, -0.05) is 30.3 Å². The van der Waals surface area contributed by atoms with Crippen molar-refractivity contribution in [2.75, 3.05) is 52.9 Å². The van der Waals surface area contributed by atoms with E-state index < -0.39 is 111 Å². The Bertz CT molecular complexity index is 2950. The van der Waals surface area contributed by atoms with Crippen LogP contribution in [0.15, 0.2) is 102 Å². The number of aliphatic hydroxyl groups excluding tert-OH is 1. The Balaban J connectivity index is 0.000000162. The highest BCUT2D eigenvalue weighted by Gasteiger charge is 2.63. The first-order valence-electron chi connectivity index (χ1n) is 22.8. The standard InChI is InChI=1S/C11H11F4NO2.C11H8F4O2.C11H10F4O2.C11H8F4O.C7H3BrF4/c12-8-3-6(11(13,14)15)1-2-7(8)10(16)5-18-4-9(10)17;12-8-3-6(11(13,14)15)1-2-7(8)10-5-16-4-9(10)17-10;12-9-5-7(11(13,14)15)1-2-8(9)10(16)3-4-17-6-10;12-10-5-8(11(13,14)15)1-2-9(10)7-3-4-16-6-7;8-5-2-1-4(3-6(5)9)7(10,11)12/h1-3,9,17H,4-5,16H2;1-3,9H,4-5H2;1-2,5,16H,3-4,6H2;1-3,5H,4,6H2;1-3H. The van der Waals surface area contributed by atoms with E-state index in [-0.39, 0.29) is 78.9 Å². The number of benzene rings is 5. The Morgan fingerprint density at radius 3 is 1.30 bits per heavy atom. The molecule has 80 heavy (non-hydrogen) atoms. The van der Waals surface area contributed by atoms with Gasteiger partial charge in [0.05, 0.1) is 84.1 Å². The molecule has 5 aromatic rings. The molecule has 10 rings (SSSR count). The van der Waals surface area contributed by atoms with E-state index in [9.17, 15) is 98.0 Å². The van der Waals surface area contributed by atoms with E-state index in [0.717, 1.165) is 60.7 Å².